The van der Waals surface area contributed by atoms with Gasteiger partial charge >= 0.3 is 0 Å². The third-order valence-corrected chi connectivity index (χ3v) is 2.46. The molecule has 0 aromatic carbocycles. The second-order valence-corrected chi connectivity index (χ2v) is 3.76. The van der Waals surface area contributed by atoms with Crippen LogP contribution in [-0.2, 0) is 0 Å². The Kier molecular flexibility index (Phi) is 3.93. The van der Waals surface area contributed by atoms with Crippen LogP contribution in [0.25, 0.3) is 0 Å². The molecule has 0 N–H and O–H groups in total. The van der Waals surface area contributed by atoms with E-state index in [1.807, 2.05) is 6.20 Å². The molecule has 78 valence electrons. The maximum atomic E-state index is 4.53. The molecule has 0 aromatic heterocycles. The Bertz CT molecular complexity index is 281. The molecular formula is C12H20N2. The summed E-state index contributed by atoms with van der Waals surface area (Å²) in [5.74, 6) is 1.20. The molecule has 0 saturated carbocycles. The summed E-state index contributed by atoms with van der Waals surface area (Å²) in [5.41, 5.74) is 2.63. The van der Waals surface area contributed by atoms with Crippen molar-refractivity contribution in [2.24, 2.45) is 4.99 Å². The predicted molar refractivity (Wildman–Crippen MR) is 62.5 cm³/mol. The van der Waals surface area contributed by atoms with Crippen molar-refractivity contribution in [3.63, 3.8) is 0 Å². The molecule has 1 heterocycles. The number of rotatable bonds is 2. The van der Waals surface area contributed by atoms with Gasteiger partial charge in [0.15, 0.2) is 0 Å². The maximum Gasteiger partial charge on any atom is 0.108 e. The summed E-state index contributed by atoms with van der Waals surface area (Å²) in [5, 5.41) is 0. The minimum absolute atomic E-state index is 0.982. The predicted octanol–water partition coefficient (Wildman–Crippen LogP) is 2.98. The largest absolute Gasteiger partial charge is 0.360 e. The van der Waals surface area contributed by atoms with E-state index in [0.29, 0.717) is 0 Å². The summed E-state index contributed by atoms with van der Waals surface area (Å²) in [6.45, 7) is 10.7. The third kappa shape index (κ3) is 2.72. The SMILES string of the molecule is CCN(CC)C1=NC=C(C)C=C(C)C1. The van der Waals surface area contributed by atoms with E-state index >= 15 is 0 Å². The first-order valence-corrected chi connectivity index (χ1v) is 5.33. The van der Waals surface area contributed by atoms with Gasteiger partial charge in [-0.05, 0) is 33.3 Å². The lowest BCUT2D eigenvalue weighted by Crippen LogP contribution is -2.30. The molecule has 1 aliphatic heterocycles. The zero-order valence-electron chi connectivity index (χ0n) is 9.67. The first-order valence-electron chi connectivity index (χ1n) is 5.33. The molecule has 0 aromatic rings. The summed E-state index contributed by atoms with van der Waals surface area (Å²) in [4.78, 5) is 6.84. The number of hydrogen-bond donors (Lipinski definition) is 0. The van der Waals surface area contributed by atoms with E-state index in [0.717, 1.165) is 19.5 Å². The van der Waals surface area contributed by atoms with Gasteiger partial charge in [0, 0.05) is 25.7 Å². The molecule has 2 nitrogen and oxygen atoms in total. The molecule has 1 rings (SSSR count). The van der Waals surface area contributed by atoms with E-state index in [1.54, 1.807) is 0 Å². The lowest BCUT2D eigenvalue weighted by atomic mass is 10.1. The van der Waals surface area contributed by atoms with Crippen LogP contribution < -0.4 is 0 Å². The number of nitrogens with zero attached hydrogens (tertiary/aromatic N) is 2. The zero-order chi connectivity index (χ0) is 10.6. The standard InChI is InChI=1S/C12H20N2/c1-5-14(6-2)12-8-10(3)7-11(4)9-13-12/h7,9H,5-6,8H2,1-4H3. The van der Waals surface area contributed by atoms with E-state index in [9.17, 15) is 0 Å². The Morgan fingerprint density at radius 3 is 2.50 bits per heavy atom. The van der Waals surface area contributed by atoms with Crippen molar-refractivity contribution in [3.8, 4) is 0 Å². The molecule has 1 aliphatic rings. The van der Waals surface area contributed by atoms with E-state index in [-0.39, 0.29) is 0 Å². The fraction of sp³-hybridized carbons (Fsp3) is 0.583. The molecule has 0 fully saturated rings. The van der Waals surface area contributed by atoms with Crippen LogP contribution in [-0.4, -0.2) is 23.8 Å². The number of hydrogen-bond acceptors (Lipinski definition) is 2. The Hall–Kier alpha value is -1.05. The lowest BCUT2D eigenvalue weighted by molar-refractivity contribution is 0.458. The van der Waals surface area contributed by atoms with Crippen LogP contribution in [0, 0.1) is 0 Å². The van der Waals surface area contributed by atoms with Crippen LogP contribution in [0.3, 0.4) is 0 Å². The van der Waals surface area contributed by atoms with Gasteiger partial charge < -0.3 is 4.90 Å². The molecule has 0 amide bonds. The number of allylic oxidation sites excluding steroid dienone is 2. The topological polar surface area (TPSA) is 15.6 Å². The minimum Gasteiger partial charge on any atom is -0.360 e. The summed E-state index contributed by atoms with van der Waals surface area (Å²) in [7, 11) is 0. The number of amidine groups is 1. The van der Waals surface area contributed by atoms with Gasteiger partial charge in [-0.1, -0.05) is 11.6 Å². The Labute approximate surface area is 87.0 Å². The highest BCUT2D eigenvalue weighted by atomic mass is 15.2. The molecule has 0 unspecified atom stereocenters. The molecule has 2 heteroatoms. The average Bonchev–Trinajstić information content (AvgIpc) is 2.30. The maximum absolute atomic E-state index is 4.53. The van der Waals surface area contributed by atoms with E-state index in [4.69, 9.17) is 0 Å². The highest BCUT2D eigenvalue weighted by Gasteiger charge is 2.09. The van der Waals surface area contributed by atoms with Crippen LogP contribution >= 0.6 is 0 Å². The van der Waals surface area contributed by atoms with Gasteiger partial charge in [0.1, 0.15) is 5.84 Å². The van der Waals surface area contributed by atoms with Crippen molar-refractivity contribution in [3.05, 3.63) is 23.4 Å². The molecular weight excluding hydrogens is 172 g/mol. The highest BCUT2D eigenvalue weighted by molar-refractivity contribution is 5.85. The van der Waals surface area contributed by atoms with Crippen molar-refractivity contribution in [1.29, 1.82) is 0 Å². The van der Waals surface area contributed by atoms with Crippen LogP contribution in [0.15, 0.2) is 28.4 Å². The fourth-order valence-electron chi connectivity index (χ4n) is 1.73. The Morgan fingerprint density at radius 1 is 1.29 bits per heavy atom. The van der Waals surface area contributed by atoms with Gasteiger partial charge in [0.25, 0.3) is 0 Å². The quantitative estimate of drug-likeness (QED) is 0.656. The third-order valence-electron chi connectivity index (χ3n) is 2.46. The van der Waals surface area contributed by atoms with Crippen molar-refractivity contribution in [1.82, 2.24) is 4.90 Å². The van der Waals surface area contributed by atoms with Crippen molar-refractivity contribution in [2.75, 3.05) is 13.1 Å². The van der Waals surface area contributed by atoms with Crippen LogP contribution in [0.4, 0.5) is 0 Å². The van der Waals surface area contributed by atoms with Gasteiger partial charge in [0.05, 0.1) is 0 Å². The monoisotopic (exact) mass is 192 g/mol. The van der Waals surface area contributed by atoms with Crippen LogP contribution in [0.2, 0.25) is 0 Å². The zero-order valence-corrected chi connectivity index (χ0v) is 9.67. The van der Waals surface area contributed by atoms with Crippen LogP contribution in [0.5, 0.6) is 0 Å². The highest BCUT2D eigenvalue weighted by Crippen LogP contribution is 2.13. The lowest BCUT2D eigenvalue weighted by Gasteiger charge is -2.22. The molecule has 0 atom stereocenters. The van der Waals surface area contributed by atoms with Crippen molar-refractivity contribution in [2.45, 2.75) is 34.1 Å². The molecule has 0 spiro atoms. The first kappa shape index (κ1) is 11.0. The Balaban J connectivity index is 2.86. The molecule has 0 saturated heterocycles. The molecule has 14 heavy (non-hydrogen) atoms. The summed E-state index contributed by atoms with van der Waals surface area (Å²) in [6, 6.07) is 0. The van der Waals surface area contributed by atoms with E-state index in [1.165, 1.54) is 17.0 Å². The number of aliphatic imine (C=N–C) groups is 1. The average molecular weight is 192 g/mol. The van der Waals surface area contributed by atoms with Gasteiger partial charge in [0.2, 0.25) is 0 Å². The van der Waals surface area contributed by atoms with E-state index in [2.05, 4.69) is 43.7 Å². The van der Waals surface area contributed by atoms with E-state index < -0.39 is 0 Å². The normalized spacial score (nSPS) is 16.7. The van der Waals surface area contributed by atoms with Crippen molar-refractivity contribution >= 4 is 5.84 Å². The van der Waals surface area contributed by atoms with Gasteiger partial charge in [-0.15, -0.1) is 0 Å². The summed E-state index contributed by atoms with van der Waals surface area (Å²) in [6.07, 6.45) is 5.15. The van der Waals surface area contributed by atoms with Crippen LogP contribution in [0.1, 0.15) is 34.1 Å². The van der Waals surface area contributed by atoms with Gasteiger partial charge in [-0.2, -0.15) is 0 Å². The van der Waals surface area contributed by atoms with Gasteiger partial charge in [-0.25, -0.2) is 4.99 Å². The molecule has 0 radical (unpaired) electrons. The second-order valence-electron chi connectivity index (χ2n) is 3.76. The van der Waals surface area contributed by atoms with Gasteiger partial charge in [-0.3, -0.25) is 0 Å². The summed E-state index contributed by atoms with van der Waals surface area (Å²) >= 11 is 0. The first-order chi connectivity index (χ1) is 6.67. The van der Waals surface area contributed by atoms with Crippen molar-refractivity contribution < 1.29 is 0 Å². The fourth-order valence-corrected chi connectivity index (χ4v) is 1.73. The molecule has 0 bridgehead atoms. The Morgan fingerprint density at radius 2 is 1.93 bits per heavy atom. The smallest absolute Gasteiger partial charge is 0.108 e. The molecule has 0 aliphatic carbocycles. The second kappa shape index (κ2) is 4.99. The summed E-state index contributed by atoms with van der Waals surface area (Å²) < 4.78 is 0. The minimum atomic E-state index is 0.982.